The highest BCUT2D eigenvalue weighted by Gasteiger charge is 2.53. The van der Waals surface area contributed by atoms with Crippen molar-refractivity contribution in [3.8, 4) is 0 Å². The number of hydrogen-bond acceptors (Lipinski definition) is 4. The lowest BCUT2D eigenvalue weighted by atomic mass is 9.85. The molecule has 0 saturated heterocycles. The van der Waals surface area contributed by atoms with Gasteiger partial charge in [0.1, 0.15) is 34.6 Å². The molecule has 4 aliphatic rings. The molecule has 0 radical (unpaired) electrons. The SMILES string of the molecule is Ic1cccc2c1C1N=c3c4cccc(I)c4c4n3B3N1C2=Nc1c2c(I)cccc2c(n13)N=4. The van der Waals surface area contributed by atoms with E-state index in [4.69, 9.17) is 15.0 Å². The van der Waals surface area contributed by atoms with Gasteiger partial charge >= 0.3 is 7.12 Å². The number of hydrogen-bond donors (Lipinski definition) is 0. The largest absolute Gasteiger partial charge is 0.522 e. The van der Waals surface area contributed by atoms with Crippen LogP contribution in [0.3, 0.4) is 0 Å². The first-order valence-corrected chi connectivity index (χ1v) is 14.1. The first kappa shape index (κ1) is 19.3. The monoisotopic (exact) mass is 774 g/mol. The topological polar surface area (TPSA) is 50.2 Å². The molecule has 0 fully saturated rings. The van der Waals surface area contributed by atoms with E-state index in [1.807, 2.05) is 0 Å². The van der Waals surface area contributed by atoms with Crippen molar-refractivity contribution in [3.05, 3.63) is 87.4 Å². The summed E-state index contributed by atoms with van der Waals surface area (Å²) in [6.07, 6.45) is -0.105. The van der Waals surface area contributed by atoms with Gasteiger partial charge in [0.15, 0.2) is 0 Å². The number of aliphatic imine (C=N–C) groups is 1. The summed E-state index contributed by atoms with van der Waals surface area (Å²) < 4.78 is 8.29. The van der Waals surface area contributed by atoms with Crippen LogP contribution in [0.15, 0.2) is 69.6 Å². The first-order chi connectivity index (χ1) is 16.6. The maximum Gasteiger partial charge on any atom is 0.522 e. The molecule has 160 valence electrons. The van der Waals surface area contributed by atoms with Crippen molar-refractivity contribution in [2.75, 3.05) is 0 Å². The Morgan fingerprint density at radius 2 is 1.44 bits per heavy atom. The fourth-order valence-corrected chi connectivity index (χ4v) is 8.28. The van der Waals surface area contributed by atoms with Crippen LogP contribution < -0.4 is 11.0 Å². The summed E-state index contributed by atoms with van der Waals surface area (Å²) in [4.78, 5) is 18.4. The number of benzene rings is 3. The van der Waals surface area contributed by atoms with Gasteiger partial charge < -0.3 is 13.8 Å². The van der Waals surface area contributed by atoms with Crippen molar-refractivity contribution < 1.29 is 0 Å². The molecule has 1 unspecified atom stereocenters. The molecule has 0 bridgehead atoms. The zero-order valence-electron chi connectivity index (χ0n) is 17.2. The molecule has 10 heteroatoms. The van der Waals surface area contributed by atoms with Gasteiger partial charge in [-0.3, -0.25) is 0 Å². The van der Waals surface area contributed by atoms with Crippen molar-refractivity contribution in [1.82, 2.24) is 13.8 Å². The van der Waals surface area contributed by atoms with Crippen molar-refractivity contribution in [2.45, 2.75) is 6.17 Å². The van der Waals surface area contributed by atoms with Crippen LogP contribution in [0.5, 0.6) is 0 Å². The molecule has 6 nitrogen and oxygen atoms in total. The number of nitrogens with zero attached hydrogens (tertiary/aromatic N) is 6. The van der Waals surface area contributed by atoms with Crippen LogP contribution in [0.2, 0.25) is 0 Å². The molecule has 0 spiro atoms. The molecule has 0 N–H and O–H groups in total. The summed E-state index contributed by atoms with van der Waals surface area (Å²) in [5.74, 6) is 2.99. The van der Waals surface area contributed by atoms with Crippen LogP contribution in [0, 0.1) is 10.7 Å². The Morgan fingerprint density at radius 1 is 0.706 bits per heavy atom. The lowest BCUT2D eigenvalue weighted by molar-refractivity contribution is 0.441. The predicted octanol–water partition coefficient (Wildman–Crippen LogP) is 5.10. The minimum Gasteiger partial charge on any atom is -0.334 e. The lowest BCUT2D eigenvalue weighted by Crippen LogP contribution is -2.63. The molecule has 34 heavy (non-hydrogen) atoms. The van der Waals surface area contributed by atoms with E-state index in [9.17, 15) is 0 Å². The van der Waals surface area contributed by atoms with Crippen molar-refractivity contribution in [2.24, 2.45) is 15.0 Å². The van der Waals surface area contributed by atoms with Crippen LogP contribution in [-0.4, -0.2) is 26.7 Å². The number of aromatic nitrogens is 2. The number of fused-ring (bicyclic) bond motifs is 9. The average molecular weight is 774 g/mol. The zero-order valence-corrected chi connectivity index (χ0v) is 23.6. The summed E-state index contributed by atoms with van der Waals surface area (Å²) in [7, 11) is -0.0860. The molecule has 1 atom stereocenters. The average Bonchev–Trinajstić information content (AvgIpc) is 3.46. The van der Waals surface area contributed by atoms with Gasteiger partial charge in [-0.15, -0.1) is 0 Å². The van der Waals surface area contributed by atoms with Crippen LogP contribution in [0.1, 0.15) is 17.3 Å². The Labute approximate surface area is 234 Å². The number of halogens is 3. The van der Waals surface area contributed by atoms with Crippen molar-refractivity contribution >= 4 is 114 Å². The summed E-state index contributed by atoms with van der Waals surface area (Å²) >= 11 is 7.32. The van der Waals surface area contributed by atoms with Gasteiger partial charge in [0.2, 0.25) is 0 Å². The Hall–Kier alpha value is -1.94. The van der Waals surface area contributed by atoms with Gasteiger partial charge in [0.05, 0.1) is 0 Å². The third-order valence-electron chi connectivity index (χ3n) is 7.31. The van der Waals surface area contributed by atoms with Crippen LogP contribution in [0.25, 0.3) is 21.5 Å². The first-order valence-electron chi connectivity index (χ1n) is 10.9. The molecular weight excluding hydrogens is 764 g/mol. The van der Waals surface area contributed by atoms with Gasteiger partial charge in [0.25, 0.3) is 0 Å². The predicted molar refractivity (Wildman–Crippen MR) is 158 cm³/mol. The third kappa shape index (κ3) is 2.02. The normalized spacial score (nSPS) is 18.1. The second-order valence-electron chi connectivity index (χ2n) is 8.86. The summed E-state index contributed by atoms with van der Waals surface area (Å²) in [5.41, 5.74) is 4.44. The third-order valence-corrected chi connectivity index (χ3v) is 10.0. The quantitative estimate of drug-likeness (QED) is 0.160. The maximum absolute atomic E-state index is 5.38. The molecule has 0 saturated carbocycles. The van der Waals surface area contributed by atoms with E-state index in [0.717, 1.165) is 33.8 Å². The highest BCUT2D eigenvalue weighted by Crippen LogP contribution is 2.49. The van der Waals surface area contributed by atoms with E-state index in [1.165, 1.54) is 38.0 Å². The second kappa shape index (κ2) is 6.24. The summed E-state index contributed by atoms with van der Waals surface area (Å²) in [6.45, 7) is 0. The van der Waals surface area contributed by atoms with E-state index in [1.54, 1.807) is 0 Å². The van der Waals surface area contributed by atoms with Gasteiger partial charge in [-0.25, -0.2) is 15.0 Å². The van der Waals surface area contributed by atoms with Gasteiger partial charge in [-0.2, -0.15) is 0 Å². The van der Waals surface area contributed by atoms with Crippen LogP contribution >= 0.6 is 67.8 Å². The fourth-order valence-electron chi connectivity index (χ4n) is 6.03. The fraction of sp³-hybridized carbons (Fsp3) is 0.0417. The smallest absolute Gasteiger partial charge is 0.334 e. The molecule has 3 aromatic carbocycles. The van der Waals surface area contributed by atoms with E-state index in [-0.39, 0.29) is 13.3 Å². The molecular formula is C24H10BI3N6. The lowest BCUT2D eigenvalue weighted by Gasteiger charge is -2.39. The van der Waals surface area contributed by atoms with Crippen molar-refractivity contribution in [1.29, 1.82) is 0 Å². The molecule has 9 rings (SSSR count). The van der Waals surface area contributed by atoms with Crippen molar-refractivity contribution in [3.63, 3.8) is 0 Å². The Kier molecular flexibility index (Phi) is 3.54. The Bertz CT molecular complexity index is 1990. The summed E-state index contributed by atoms with van der Waals surface area (Å²) in [5, 5.41) is 4.68. The van der Waals surface area contributed by atoms with Gasteiger partial charge in [0, 0.05) is 43.4 Å². The highest BCUT2D eigenvalue weighted by molar-refractivity contribution is 14.1. The van der Waals surface area contributed by atoms with E-state index < -0.39 is 0 Å². The van der Waals surface area contributed by atoms with Gasteiger partial charge in [-0.05, 0) is 86.0 Å². The minimum absolute atomic E-state index is 0.0860. The molecule has 4 aliphatic heterocycles. The Balaban J connectivity index is 1.60. The molecule has 0 amide bonds. The highest BCUT2D eigenvalue weighted by atomic mass is 127. The van der Waals surface area contributed by atoms with E-state index in [2.05, 4.69) is 136 Å². The molecule has 6 heterocycles. The summed E-state index contributed by atoms with van der Waals surface area (Å²) in [6, 6.07) is 19.4. The molecule has 5 aromatic rings. The minimum atomic E-state index is -0.105. The molecule has 2 aromatic heterocycles. The maximum atomic E-state index is 5.38. The molecule has 0 aliphatic carbocycles. The number of rotatable bonds is 0. The van der Waals surface area contributed by atoms with E-state index >= 15 is 0 Å². The zero-order chi connectivity index (χ0) is 22.5. The van der Waals surface area contributed by atoms with Crippen LogP contribution in [-0.2, 0) is 0 Å². The standard InChI is InChI=1S/C24H10BI3N6/c26-13-7-1-4-10-16(13)22-30-20-12-6-3-9-15(28)18(12)24-31-21-11-5-2-8-14(27)17(11)23-29-19(10)32(22)25(33(21)23)34(20)24/h1-9,22H. The van der Waals surface area contributed by atoms with Crippen LogP contribution in [0.4, 0.5) is 11.6 Å². The second-order valence-corrected chi connectivity index (χ2v) is 12.4. The van der Waals surface area contributed by atoms with Gasteiger partial charge in [-0.1, -0.05) is 36.4 Å². The Morgan fingerprint density at radius 3 is 2.29 bits per heavy atom. The van der Waals surface area contributed by atoms with E-state index in [0.29, 0.717) is 0 Å². The number of amidine groups is 1.